The van der Waals surface area contributed by atoms with E-state index in [0.29, 0.717) is 12.8 Å². The number of phenols is 2. The molecule has 1 atom stereocenters. The number of carbonyl (C=O) groups is 3. The van der Waals surface area contributed by atoms with Crippen molar-refractivity contribution in [2.75, 3.05) is 6.54 Å². The third-order valence-corrected chi connectivity index (χ3v) is 4.35. The summed E-state index contributed by atoms with van der Waals surface area (Å²) in [5, 5.41) is 23.9. The second kappa shape index (κ2) is 12.6. The van der Waals surface area contributed by atoms with Crippen molar-refractivity contribution < 1.29 is 24.6 Å². The summed E-state index contributed by atoms with van der Waals surface area (Å²) in [6.45, 7) is 2.39. The van der Waals surface area contributed by atoms with Gasteiger partial charge in [0.2, 0.25) is 17.7 Å². The van der Waals surface area contributed by atoms with Crippen molar-refractivity contribution in [2.45, 2.75) is 64.3 Å². The molecule has 1 aromatic rings. The number of primary amides is 1. The molecule has 0 aromatic heterocycles. The van der Waals surface area contributed by atoms with E-state index < -0.39 is 17.9 Å². The number of rotatable bonds is 13. The molecular formula is C20H31N3O5. The molecule has 3 amide bonds. The molecule has 0 saturated heterocycles. The molecule has 0 aliphatic carbocycles. The molecular weight excluding hydrogens is 362 g/mol. The van der Waals surface area contributed by atoms with Crippen LogP contribution in [0.3, 0.4) is 0 Å². The van der Waals surface area contributed by atoms with Crippen molar-refractivity contribution in [3.8, 4) is 11.5 Å². The molecule has 156 valence electrons. The first kappa shape index (κ1) is 23.3. The van der Waals surface area contributed by atoms with E-state index in [9.17, 15) is 24.6 Å². The first-order valence-corrected chi connectivity index (χ1v) is 9.69. The molecule has 1 aromatic carbocycles. The minimum Gasteiger partial charge on any atom is -0.504 e. The first-order valence-electron chi connectivity index (χ1n) is 9.69. The third kappa shape index (κ3) is 9.25. The van der Waals surface area contributed by atoms with Gasteiger partial charge >= 0.3 is 0 Å². The van der Waals surface area contributed by atoms with E-state index in [4.69, 9.17) is 5.73 Å². The van der Waals surface area contributed by atoms with Gasteiger partial charge in [0.15, 0.2) is 11.5 Å². The molecule has 28 heavy (non-hydrogen) atoms. The molecule has 8 nitrogen and oxygen atoms in total. The Morgan fingerprint density at radius 2 is 1.75 bits per heavy atom. The number of amides is 3. The molecule has 1 rings (SSSR count). The van der Waals surface area contributed by atoms with Gasteiger partial charge in [0.25, 0.3) is 0 Å². The molecule has 0 aliphatic rings. The first-order chi connectivity index (χ1) is 13.3. The Hall–Kier alpha value is -2.77. The maximum atomic E-state index is 12.0. The van der Waals surface area contributed by atoms with Crippen molar-refractivity contribution in [3.05, 3.63) is 23.8 Å². The average Bonchev–Trinajstić information content (AvgIpc) is 2.64. The van der Waals surface area contributed by atoms with Crippen LogP contribution in [0.4, 0.5) is 0 Å². The fourth-order valence-electron chi connectivity index (χ4n) is 2.71. The molecule has 0 fully saturated rings. The molecule has 0 heterocycles. The highest BCUT2D eigenvalue weighted by atomic mass is 16.3. The van der Waals surface area contributed by atoms with E-state index in [0.717, 1.165) is 37.7 Å². The Bertz CT molecular complexity index is 663. The van der Waals surface area contributed by atoms with Gasteiger partial charge in [0.05, 0.1) is 6.42 Å². The summed E-state index contributed by atoms with van der Waals surface area (Å²) >= 11 is 0. The van der Waals surface area contributed by atoms with E-state index >= 15 is 0 Å². The van der Waals surface area contributed by atoms with Crippen molar-refractivity contribution in [1.82, 2.24) is 10.6 Å². The van der Waals surface area contributed by atoms with Crippen molar-refractivity contribution >= 4 is 17.7 Å². The van der Waals surface area contributed by atoms with Gasteiger partial charge in [-0.25, -0.2) is 0 Å². The average molecular weight is 393 g/mol. The van der Waals surface area contributed by atoms with Gasteiger partial charge in [-0.3, -0.25) is 14.4 Å². The lowest BCUT2D eigenvalue weighted by molar-refractivity contribution is -0.130. The number of benzene rings is 1. The van der Waals surface area contributed by atoms with E-state index in [1.807, 2.05) is 0 Å². The predicted molar refractivity (Wildman–Crippen MR) is 106 cm³/mol. The lowest BCUT2D eigenvalue weighted by Crippen LogP contribution is -2.47. The van der Waals surface area contributed by atoms with Gasteiger partial charge < -0.3 is 26.6 Å². The van der Waals surface area contributed by atoms with Gasteiger partial charge in [0, 0.05) is 13.0 Å². The number of nitrogens with two attached hydrogens (primary N) is 1. The van der Waals surface area contributed by atoms with Gasteiger partial charge in [0.1, 0.15) is 6.04 Å². The van der Waals surface area contributed by atoms with E-state index in [1.54, 1.807) is 6.07 Å². The zero-order valence-electron chi connectivity index (χ0n) is 16.4. The fraction of sp³-hybridized carbons (Fsp3) is 0.550. The van der Waals surface area contributed by atoms with Crippen LogP contribution in [0, 0.1) is 0 Å². The van der Waals surface area contributed by atoms with Crippen molar-refractivity contribution in [1.29, 1.82) is 0 Å². The second-order valence-corrected chi connectivity index (χ2v) is 6.81. The van der Waals surface area contributed by atoms with Crippen LogP contribution in [0.25, 0.3) is 0 Å². The normalized spacial score (nSPS) is 11.6. The Morgan fingerprint density at radius 1 is 1.04 bits per heavy atom. The Morgan fingerprint density at radius 3 is 2.39 bits per heavy atom. The maximum Gasteiger partial charge on any atom is 0.240 e. The highest BCUT2D eigenvalue weighted by molar-refractivity contribution is 5.91. The number of carbonyl (C=O) groups excluding carboxylic acids is 3. The molecule has 6 N–H and O–H groups in total. The molecule has 0 spiro atoms. The van der Waals surface area contributed by atoms with Crippen molar-refractivity contribution in [3.63, 3.8) is 0 Å². The Labute approximate surface area is 165 Å². The minimum atomic E-state index is -1.04. The number of aromatic hydroxyl groups is 2. The molecule has 1 unspecified atom stereocenters. The van der Waals surface area contributed by atoms with Crippen LogP contribution in [0.15, 0.2) is 18.2 Å². The third-order valence-electron chi connectivity index (χ3n) is 4.35. The van der Waals surface area contributed by atoms with Crippen molar-refractivity contribution in [2.24, 2.45) is 5.73 Å². The Kier molecular flexibility index (Phi) is 10.5. The number of hydrogen-bond donors (Lipinski definition) is 5. The summed E-state index contributed by atoms with van der Waals surface area (Å²) in [6.07, 6.45) is 5.54. The predicted octanol–water partition coefficient (Wildman–Crippen LogP) is 1.48. The molecule has 0 bridgehead atoms. The summed E-state index contributed by atoms with van der Waals surface area (Å²) in [4.78, 5) is 35.5. The number of unbranched alkanes of at least 4 members (excludes halogenated alkanes) is 4. The topological polar surface area (TPSA) is 142 Å². The van der Waals surface area contributed by atoms with Gasteiger partial charge in [-0.2, -0.15) is 0 Å². The summed E-state index contributed by atoms with van der Waals surface area (Å²) in [6, 6.07) is 3.37. The van der Waals surface area contributed by atoms with E-state index in [1.165, 1.54) is 12.1 Å². The summed E-state index contributed by atoms with van der Waals surface area (Å²) in [7, 11) is 0. The Balaban J connectivity index is 2.35. The van der Waals surface area contributed by atoms with Crippen LogP contribution in [-0.4, -0.2) is 40.5 Å². The van der Waals surface area contributed by atoms with Crippen LogP contribution >= 0.6 is 0 Å². The van der Waals surface area contributed by atoms with Gasteiger partial charge in [-0.1, -0.05) is 38.7 Å². The largest absolute Gasteiger partial charge is 0.504 e. The zero-order chi connectivity index (χ0) is 20.9. The lowest BCUT2D eigenvalue weighted by Gasteiger charge is -2.15. The lowest BCUT2D eigenvalue weighted by atomic mass is 10.1. The standard InChI is InChI=1S/C20H31N3O5/c1-2-3-4-5-6-7-18(26)23-15(20(21)28)13-19(27)22-11-10-14-8-9-16(24)17(25)12-14/h8-9,12,15,24-25H,2-7,10-11,13H2,1H3,(H2,21,28)(H,22,27)(H,23,26). The van der Waals surface area contributed by atoms with Crippen LogP contribution in [0.5, 0.6) is 11.5 Å². The molecule has 0 saturated carbocycles. The van der Waals surface area contributed by atoms with Crippen LogP contribution in [0.2, 0.25) is 0 Å². The minimum absolute atomic E-state index is 0.210. The van der Waals surface area contributed by atoms with Gasteiger partial charge in [-0.05, 0) is 30.5 Å². The van der Waals surface area contributed by atoms with E-state index in [2.05, 4.69) is 17.6 Å². The molecule has 0 aliphatic heterocycles. The summed E-state index contributed by atoms with van der Waals surface area (Å²) < 4.78 is 0. The highest BCUT2D eigenvalue weighted by Crippen LogP contribution is 2.24. The quantitative estimate of drug-likeness (QED) is 0.255. The summed E-state index contributed by atoms with van der Waals surface area (Å²) in [5.41, 5.74) is 6.03. The zero-order valence-corrected chi connectivity index (χ0v) is 16.4. The number of hydrogen-bond acceptors (Lipinski definition) is 5. The fourth-order valence-corrected chi connectivity index (χ4v) is 2.71. The monoisotopic (exact) mass is 393 g/mol. The van der Waals surface area contributed by atoms with Crippen LogP contribution in [0.1, 0.15) is 57.4 Å². The maximum absolute atomic E-state index is 12.0. The number of phenolic OH excluding ortho intramolecular Hbond substituents is 2. The van der Waals surface area contributed by atoms with Crippen LogP contribution in [-0.2, 0) is 20.8 Å². The molecule has 0 radical (unpaired) electrons. The SMILES string of the molecule is CCCCCCCC(=O)NC(CC(=O)NCCc1ccc(O)c(O)c1)C(N)=O. The van der Waals surface area contributed by atoms with Crippen LogP contribution < -0.4 is 16.4 Å². The highest BCUT2D eigenvalue weighted by Gasteiger charge is 2.21. The number of nitrogens with one attached hydrogen (secondary N) is 2. The second-order valence-electron chi connectivity index (χ2n) is 6.81. The summed E-state index contributed by atoms with van der Waals surface area (Å²) in [5.74, 6) is -1.88. The van der Waals surface area contributed by atoms with Gasteiger partial charge in [-0.15, -0.1) is 0 Å². The smallest absolute Gasteiger partial charge is 0.240 e. The molecule has 8 heteroatoms. The van der Waals surface area contributed by atoms with E-state index in [-0.39, 0.29) is 30.4 Å².